The van der Waals surface area contributed by atoms with Gasteiger partial charge in [-0.2, -0.15) is 0 Å². The summed E-state index contributed by atoms with van der Waals surface area (Å²) in [5.74, 6) is 0.981. The molecule has 0 unspecified atom stereocenters. The summed E-state index contributed by atoms with van der Waals surface area (Å²) in [6.07, 6.45) is 1.62. The SMILES string of the molecule is CC(=O)N1CC[C@@H](Oc2ccc3c(c2)N(C)CCN(C[C@H](O)CN2CCc4ccccc4C2)C3)C1. The monoisotopic (exact) mass is 478 g/mol. The molecule has 2 atom stereocenters. The smallest absolute Gasteiger partial charge is 0.219 e. The first kappa shape index (κ1) is 24.1. The Balaban J connectivity index is 1.17. The lowest BCUT2D eigenvalue weighted by molar-refractivity contribution is -0.128. The Bertz CT molecular complexity index is 1040. The molecule has 3 aliphatic heterocycles. The summed E-state index contributed by atoms with van der Waals surface area (Å²) in [6.45, 7) is 9.00. The molecule has 1 fully saturated rings. The van der Waals surface area contributed by atoms with Gasteiger partial charge in [0.1, 0.15) is 11.9 Å². The zero-order chi connectivity index (χ0) is 24.4. The molecule has 7 nitrogen and oxygen atoms in total. The molecule has 188 valence electrons. The fourth-order valence-corrected chi connectivity index (χ4v) is 5.66. The highest BCUT2D eigenvalue weighted by Crippen LogP contribution is 2.30. The molecule has 1 amide bonds. The fourth-order valence-electron chi connectivity index (χ4n) is 5.66. The van der Waals surface area contributed by atoms with Crippen LogP contribution in [-0.2, 0) is 24.3 Å². The van der Waals surface area contributed by atoms with E-state index >= 15 is 0 Å². The van der Waals surface area contributed by atoms with Crippen LogP contribution in [0.25, 0.3) is 0 Å². The molecule has 0 radical (unpaired) electrons. The number of likely N-dealkylation sites (tertiary alicyclic amines) is 1. The molecule has 7 heteroatoms. The predicted octanol–water partition coefficient (Wildman–Crippen LogP) is 2.36. The Kier molecular flexibility index (Phi) is 7.27. The van der Waals surface area contributed by atoms with Gasteiger partial charge in [-0.1, -0.05) is 30.3 Å². The second-order valence-corrected chi connectivity index (χ2v) is 10.3. The zero-order valence-electron chi connectivity index (χ0n) is 21.0. The summed E-state index contributed by atoms with van der Waals surface area (Å²) in [7, 11) is 2.13. The predicted molar refractivity (Wildman–Crippen MR) is 138 cm³/mol. The summed E-state index contributed by atoms with van der Waals surface area (Å²) in [6, 6.07) is 15.0. The first-order valence-corrected chi connectivity index (χ1v) is 12.9. The van der Waals surface area contributed by atoms with Crippen LogP contribution in [0.15, 0.2) is 42.5 Å². The minimum absolute atomic E-state index is 0.0569. The van der Waals surface area contributed by atoms with Crippen LogP contribution in [0, 0.1) is 0 Å². The van der Waals surface area contributed by atoms with Crippen molar-refractivity contribution >= 4 is 11.6 Å². The van der Waals surface area contributed by atoms with Gasteiger partial charge in [-0.25, -0.2) is 0 Å². The van der Waals surface area contributed by atoms with Gasteiger partial charge in [0.15, 0.2) is 0 Å². The normalized spacial score (nSPS) is 21.9. The maximum Gasteiger partial charge on any atom is 0.219 e. The third-order valence-electron chi connectivity index (χ3n) is 7.65. The van der Waals surface area contributed by atoms with Crippen molar-refractivity contribution in [1.82, 2.24) is 14.7 Å². The molecule has 0 spiro atoms. The number of aliphatic hydroxyl groups excluding tert-OH is 1. The Morgan fingerprint density at radius 1 is 1.00 bits per heavy atom. The maximum absolute atomic E-state index is 11.6. The topological polar surface area (TPSA) is 59.5 Å². The first-order valence-electron chi connectivity index (χ1n) is 12.9. The van der Waals surface area contributed by atoms with Crippen LogP contribution in [0.1, 0.15) is 30.0 Å². The van der Waals surface area contributed by atoms with Crippen LogP contribution in [0.4, 0.5) is 5.69 Å². The number of amides is 1. The van der Waals surface area contributed by atoms with Crippen LogP contribution in [0.2, 0.25) is 0 Å². The second-order valence-electron chi connectivity index (χ2n) is 10.3. The molecule has 0 bridgehead atoms. The molecule has 2 aromatic carbocycles. The molecule has 0 aliphatic carbocycles. The number of ether oxygens (including phenoxy) is 1. The van der Waals surface area contributed by atoms with E-state index in [-0.39, 0.29) is 18.1 Å². The number of β-amino-alcohol motifs (C(OH)–C–C–N with tert-alkyl or cyclic N) is 1. The van der Waals surface area contributed by atoms with Gasteiger partial charge in [-0.15, -0.1) is 0 Å². The number of carbonyl (C=O) groups is 1. The number of rotatable bonds is 6. The Morgan fingerprint density at radius 3 is 2.51 bits per heavy atom. The standard InChI is InChI=1S/C28H38N4O3/c1-21(33)32-12-10-27(20-32)35-26-8-7-24-17-31(14-13-29(2)28(24)15-26)19-25(34)18-30-11-9-22-5-3-4-6-23(22)16-30/h3-8,15,25,27,34H,9-14,16-20H2,1-2H3/t25-,27-/m1/s1. The van der Waals surface area contributed by atoms with Gasteiger partial charge in [-0.3, -0.25) is 14.6 Å². The van der Waals surface area contributed by atoms with Crippen LogP contribution < -0.4 is 9.64 Å². The highest BCUT2D eigenvalue weighted by atomic mass is 16.5. The molecule has 0 aromatic heterocycles. The number of likely N-dealkylation sites (N-methyl/N-ethyl adjacent to an activating group) is 1. The van der Waals surface area contributed by atoms with Crippen LogP contribution in [-0.4, -0.2) is 90.8 Å². The van der Waals surface area contributed by atoms with Crippen molar-refractivity contribution in [2.75, 3.05) is 57.8 Å². The van der Waals surface area contributed by atoms with Gasteiger partial charge in [-0.05, 0) is 29.2 Å². The van der Waals surface area contributed by atoms with Crippen molar-refractivity contribution in [2.45, 2.75) is 45.1 Å². The molecule has 1 N–H and O–H groups in total. The van der Waals surface area contributed by atoms with E-state index in [0.29, 0.717) is 19.6 Å². The van der Waals surface area contributed by atoms with Crippen LogP contribution in [0.3, 0.4) is 0 Å². The summed E-state index contributed by atoms with van der Waals surface area (Å²) in [5, 5.41) is 10.9. The van der Waals surface area contributed by atoms with E-state index in [2.05, 4.69) is 58.1 Å². The molecule has 1 saturated heterocycles. The molecule has 3 aliphatic rings. The largest absolute Gasteiger partial charge is 0.488 e. The number of benzene rings is 2. The summed E-state index contributed by atoms with van der Waals surface area (Å²) < 4.78 is 6.23. The van der Waals surface area contributed by atoms with E-state index in [1.807, 2.05) is 11.0 Å². The van der Waals surface area contributed by atoms with Crippen molar-refractivity contribution in [3.63, 3.8) is 0 Å². The quantitative estimate of drug-likeness (QED) is 0.688. The van der Waals surface area contributed by atoms with E-state index in [0.717, 1.165) is 57.9 Å². The van der Waals surface area contributed by atoms with Gasteiger partial charge in [0.25, 0.3) is 0 Å². The van der Waals surface area contributed by atoms with E-state index in [1.54, 1.807) is 6.92 Å². The molecular weight excluding hydrogens is 440 g/mol. The molecule has 0 saturated carbocycles. The Morgan fingerprint density at radius 2 is 1.74 bits per heavy atom. The second kappa shape index (κ2) is 10.6. The summed E-state index contributed by atoms with van der Waals surface area (Å²) in [5.41, 5.74) is 5.28. The lowest BCUT2D eigenvalue weighted by atomic mass is 10.00. The molecule has 3 heterocycles. The fraction of sp³-hybridized carbons (Fsp3) is 0.536. The van der Waals surface area contributed by atoms with Crippen molar-refractivity contribution in [3.8, 4) is 5.75 Å². The number of fused-ring (bicyclic) bond motifs is 2. The first-order chi connectivity index (χ1) is 16.9. The Hall–Kier alpha value is -2.61. The number of anilines is 1. The highest BCUT2D eigenvalue weighted by Gasteiger charge is 2.27. The van der Waals surface area contributed by atoms with E-state index in [9.17, 15) is 9.90 Å². The van der Waals surface area contributed by atoms with Gasteiger partial charge in [0.2, 0.25) is 5.91 Å². The number of carbonyl (C=O) groups excluding carboxylic acids is 1. The minimum atomic E-state index is -0.374. The van der Waals surface area contributed by atoms with E-state index < -0.39 is 0 Å². The lowest BCUT2D eigenvalue weighted by Crippen LogP contribution is -2.42. The third kappa shape index (κ3) is 5.80. The lowest BCUT2D eigenvalue weighted by Gasteiger charge is -2.32. The van der Waals surface area contributed by atoms with Crippen LogP contribution in [0.5, 0.6) is 5.75 Å². The number of hydrogen-bond donors (Lipinski definition) is 1. The van der Waals surface area contributed by atoms with E-state index in [1.165, 1.54) is 22.4 Å². The van der Waals surface area contributed by atoms with Crippen LogP contribution >= 0.6 is 0 Å². The van der Waals surface area contributed by atoms with Gasteiger partial charge in [0.05, 0.1) is 12.6 Å². The summed E-state index contributed by atoms with van der Waals surface area (Å²) >= 11 is 0. The number of hydrogen-bond acceptors (Lipinski definition) is 6. The maximum atomic E-state index is 11.6. The number of aliphatic hydroxyl groups is 1. The van der Waals surface area contributed by atoms with Gasteiger partial charge >= 0.3 is 0 Å². The average Bonchev–Trinajstić information content (AvgIpc) is 3.26. The van der Waals surface area contributed by atoms with Crippen molar-refractivity contribution in [3.05, 3.63) is 59.2 Å². The third-order valence-corrected chi connectivity index (χ3v) is 7.65. The highest BCUT2D eigenvalue weighted by molar-refractivity contribution is 5.73. The molecule has 2 aromatic rings. The Labute approximate surface area is 208 Å². The van der Waals surface area contributed by atoms with E-state index in [4.69, 9.17) is 4.74 Å². The van der Waals surface area contributed by atoms with Gasteiger partial charge in [0, 0.05) is 84.5 Å². The number of nitrogens with zero attached hydrogens (tertiary/aromatic N) is 4. The summed E-state index contributed by atoms with van der Waals surface area (Å²) in [4.78, 5) is 20.5. The molecular formula is C28H38N4O3. The molecule has 35 heavy (non-hydrogen) atoms. The van der Waals surface area contributed by atoms with Gasteiger partial charge < -0.3 is 19.6 Å². The zero-order valence-corrected chi connectivity index (χ0v) is 21.0. The average molecular weight is 479 g/mol. The van der Waals surface area contributed by atoms with Crippen molar-refractivity contribution in [2.24, 2.45) is 0 Å². The van der Waals surface area contributed by atoms with Crippen molar-refractivity contribution < 1.29 is 14.6 Å². The molecule has 5 rings (SSSR count). The minimum Gasteiger partial charge on any atom is -0.488 e. The van der Waals surface area contributed by atoms with Crippen molar-refractivity contribution in [1.29, 1.82) is 0 Å².